The Morgan fingerprint density at radius 3 is 2.27 bits per heavy atom. The minimum Gasteiger partial charge on any atom is -0.506 e. The number of rotatable bonds is 4. The molecule has 4 aromatic carbocycles. The predicted molar refractivity (Wildman–Crippen MR) is 197 cm³/mol. The standard InChI is InChI=1S/C29H21N2O.C15H16N.Ir/c1-18-3-6-23-15-20(5-7-22(23)13-18)14-21-9-11-30-27(16-21)26-17-24-10-12-32-29(24)28-25(26)8-4-19(2)31-28;1-10-5-6-14(7-11(10)2)15-8-12(3)13(4)9-16-15;/h3-13,15-16H,14H2,1-2H3;5,7-9H,1-4H3;/q2*-1;. The van der Waals surface area contributed by atoms with Crippen molar-refractivity contribution < 1.29 is 24.5 Å². The first kappa shape index (κ1) is 33.9. The molecule has 49 heavy (non-hydrogen) atoms. The van der Waals surface area contributed by atoms with Crippen molar-refractivity contribution in [2.75, 3.05) is 0 Å². The summed E-state index contributed by atoms with van der Waals surface area (Å²) in [6.45, 7) is 12.5. The number of furan rings is 1. The SMILES string of the molecule is Cc1c[c-]c(-c2cc(C)c(C)cn2)cc1C.Cc1ccc2cc(Cc3ccnc(-c4[c-]c5ccoc5c5nc(C)ccc45)c3)ccc2c1.[Ir]. The van der Waals surface area contributed by atoms with Gasteiger partial charge >= 0.3 is 0 Å². The van der Waals surface area contributed by atoms with Crippen molar-refractivity contribution in [3.05, 3.63) is 160 Å². The van der Waals surface area contributed by atoms with Crippen LogP contribution in [-0.4, -0.2) is 15.0 Å². The van der Waals surface area contributed by atoms with Crippen molar-refractivity contribution in [3.8, 4) is 22.5 Å². The summed E-state index contributed by atoms with van der Waals surface area (Å²) in [6, 6.07) is 36.7. The average molecular weight is 816 g/mol. The molecule has 0 aliphatic carbocycles. The van der Waals surface area contributed by atoms with Crippen LogP contribution >= 0.6 is 0 Å². The van der Waals surface area contributed by atoms with Crippen LogP contribution < -0.4 is 0 Å². The fourth-order valence-electron chi connectivity index (χ4n) is 6.00. The van der Waals surface area contributed by atoms with E-state index in [2.05, 4.69) is 123 Å². The van der Waals surface area contributed by atoms with Gasteiger partial charge in [0.15, 0.2) is 0 Å². The third kappa shape index (κ3) is 7.24. The van der Waals surface area contributed by atoms with Gasteiger partial charge in [-0.25, -0.2) is 0 Å². The summed E-state index contributed by atoms with van der Waals surface area (Å²) >= 11 is 0. The van der Waals surface area contributed by atoms with Crippen molar-refractivity contribution in [2.45, 2.75) is 48.0 Å². The number of pyridine rings is 3. The van der Waals surface area contributed by atoms with Gasteiger partial charge in [-0.1, -0.05) is 102 Å². The van der Waals surface area contributed by atoms with Gasteiger partial charge in [-0.05, 0) is 79.4 Å². The summed E-state index contributed by atoms with van der Waals surface area (Å²) in [5.74, 6) is 0. The Kier molecular flexibility index (Phi) is 9.87. The maximum absolute atomic E-state index is 5.71. The fourth-order valence-corrected chi connectivity index (χ4v) is 6.00. The first-order valence-corrected chi connectivity index (χ1v) is 16.3. The zero-order valence-electron chi connectivity index (χ0n) is 28.6. The fraction of sp³-hybridized carbons (Fsp3) is 0.159. The van der Waals surface area contributed by atoms with Gasteiger partial charge < -0.3 is 9.40 Å². The molecule has 8 aromatic rings. The van der Waals surface area contributed by atoms with Gasteiger partial charge in [0.25, 0.3) is 0 Å². The Morgan fingerprint density at radius 1 is 0.673 bits per heavy atom. The van der Waals surface area contributed by atoms with Gasteiger partial charge in [0.2, 0.25) is 0 Å². The number of nitrogens with zero attached hydrogens (tertiary/aromatic N) is 3. The molecule has 0 unspecified atom stereocenters. The van der Waals surface area contributed by atoms with Crippen LogP contribution in [0.3, 0.4) is 0 Å². The van der Waals surface area contributed by atoms with Crippen molar-refractivity contribution in [2.24, 2.45) is 0 Å². The van der Waals surface area contributed by atoms with E-state index in [0.717, 1.165) is 56.5 Å². The van der Waals surface area contributed by atoms with Crippen molar-refractivity contribution in [1.82, 2.24) is 15.0 Å². The van der Waals surface area contributed by atoms with Crippen LogP contribution in [0.2, 0.25) is 0 Å². The molecule has 0 aliphatic rings. The molecule has 0 saturated carbocycles. The van der Waals surface area contributed by atoms with Gasteiger partial charge in [0.05, 0.1) is 5.58 Å². The predicted octanol–water partition coefficient (Wildman–Crippen LogP) is 11.0. The van der Waals surface area contributed by atoms with Gasteiger partial charge in [-0.3, -0.25) is 9.97 Å². The van der Waals surface area contributed by atoms with Crippen LogP contribution in [0.4, 0.5) is 0 Å². The van der Waals surface area contributed by atoms with E-state index in [1.807, 2.05) is 37.5 Å². The van der Waals surface area contributed by atoms with Crippen molar-refractivity contribution >= 4 is 32.6 Å². The zero-order chi connectivity index (χ0) is 33.4. The summed E-state index contributed by atoms with van der Waals surface area (Å²) in [6.07, 6.45) is 6.35. The molecule has 0 N–H and O–H groups in total. The van der Waals surface area contributed by atoms with Gasteiger partial charge in [-0.2, -0.15) is 0 Å². The van der Waals surface area contributed by atoms with Crippen LogP contribution in [0.5, 0.6) is 0 Å². The van der Waals surface area contributed by atoms with Crippen molar-refractivity contribution in [3.63, 3.8) is 0 Å². The second-order valence-corrected chi connectivity index (χ2v) is 12.8. The van der Waals surface area contributed by atoms with Crippen LogP contribution in [-0.2, 0) is 26.5 Å². The number of hydrogen-bond donors (Lipinski definition) is 0. The monoisotopic (exact) mass is 816 g/mol. The summed E-state index contributed by atoms with van der Waals surface area (Å²) < 4.78 is 5.71. The Hall–Kier alpha value is -4.96. The molecular formula is C44H37IrN3O-2. The number of aromatic nitrogens is 3. The van der Waals surface area contributed by atoms with Crippen LogP contribution in [0.1, 0.15) is 44.6 Å². The molecule has 4 nitrogen and oxygen atoms in total. The van der Waals surface area contributed by atoms with E-state index >= 15 is 0 Å². The van der Waals surface area contributed by atoms with E-state index in [1.54, 1.807) is 6.26 Å². The van der Waals surface area contributed by atoms with Gasteiger partial charge in [0, 0.05) is 55.7 Å². The van der Waals surface area contributed by atoms with E-state index in [1.165, 1.54) is 49.7 Å². The largest absolute Gasteiger partial charge is 0.506 e. The number of fused-ring (bicyclic) bond motifs is 4. The quantitative estimate of drug-likeness (QED) is 0.166. The Balaban J connectivity index is 0.000000208. The van der Waals surface area contributed by atoms with Gasteiger partial charge in [-0.15, -0.1) is 41.0 Å². The minimum atomic E-state index is 0. The van der Waals surface area contributed by atoms with E-state index in [0.29, 0.717) is 0 Å². The van der Waals surface area contributed by atoms with Crippen LogP contribution in [0, 0.1) is 53.7 Å². The second-order valence-electron chi connectivity index (χ2n) is 12.8. The number of hydrogen-bond acceptors (Lipinski definition) is 4. The third-order valence-electron chi connectivity index (χ3n) is 9.07. The molecule has 0 amide bonds. The molecule has 4 heterocycles. The van der Waals surface area contributed by atoms with E-state index in [4.69, 9.17) is 9.40 Å². The Labute approximate surface area is 301 Å². The smallest absolute Gasteiger partial charge is 0.0847 e. The Bertz CT molecular complexity index is 2410. The topological polar surface area (TPSA) is 51.8 Å². The van der Waals surface area contributed by atoms with Gasteiger partial charge in [0.1, 0.15) is 0 Å². The van der Waals surface area contributed by atoms with Crippen LogP contribution in [0.15, 0.2) is 108 Å². The molecule has 0 atom stereocenters. The summed E-state index contributed by atoms with van der Waals surface area (Å²) in [4.78, 5) is 13.9. The maximum Gasteiger partial charge on any atom is 0.0847 e. The molecule has 245 valence electrons. The third-order valence-corrected chi connectivity index (χ3v) is 9.07. The van der Waals surface area contributed by atoms with Crippen molar-refractivity contribution in [1.29, 1.82) is 0 Å². The normalized spacial score (nSPS) is 11.0. The average Bonchev–Trinajstić information content (AvgIpc) is 3.57. The molecule has 0 fully saturated rings. The summed E-state index contributed by atoms with van der Waals surface area (Å²) in [5, 5.41) is 4.47. The first-order chi connectivity index (χ1) is 23.2. The maximum atomic E-state index is 5.71. The molecule has 0 spiro atoms. The molecule has 1 radical (unpaired) electrons. The summed E-state index contributed by atoms with van der Waals surface area (Å²) in [5.41, 5.74) is 15.4. The molecule has 0 aliphatic heterocycles. The molecule has 0 bridgehead atoms. The van der Waals surface area contributed by atoms with E-state index < -0.39 is 0 Å². The molecule has 0 saturated heterocycles. The zero-order valence-corrected chi connectivity index (χ0v) is 31.0. The van der Waals surface area contributed by atoms with Crippen LogP contribution in [0.25, 0.3) is 55.2 Å². The second kappa shape index (κ2) is 14.3. The Morgan fingerprint density at radius 2 is 1.45 bits per heavy atom. The molecule has 4 aromatic heterocycles. The number of benzene rings is 4. The minimum absolute atomic E-state index is 0. The molecule has 5 heteroatoms. The summed E-state index contributed by atoms with van der Waals surface area (Å²) in [7, 11) is 0. The van der Waals surface area contributed by atoms with E-state index in [-0.39, 0.29) is 20.1 Å². The molecule has 8 rings (SSSR count). The van der Waals surface area contributed by atoms with E-state index in [9.17, 15) is 0 Å². The molecular weight excluding hydrogens is 779 g/mol. The number of aryl methyl sites for hydroxylation is 6. The first-order valence-electron chi connectivity index (χ1n) is 16.3.